The van der Waals surface area contributed by atoms with E-state index in [1.54, 1.807) is 6.07 Å². The van der Waals surface area contributed by atoms with Gasteiger partial charge in [0.15, 0.2) is 0 Å². The average Bonchev–Trinajstić information content (AvgIpc) is 2.40. The lowest BCUT2D eigenvalue weighted by molar-refractivity contribution is 0.304. The first-order valence-electron chi connectivity index (χ1n) is 5.96. The highest BCUT2D eigenvalue weighted by atomic mass is 79.9. The zero-order valence-electron chi connectivity index (χ0n) is 10.6. The Kier molecular flexibility index (Phi) is 4.56. The van der Waals surface area contributed by atoms with E-state index in [1.807, 2.05) is 25.1 Å². The summed E-state index contributed by atoms with van der Waals surface area (Å²) in [5.41, 5.74) is 8.40. The van der Waals surface area contributed by atoms with E-state index >= 15 is 0 Å². The Morgan fingerprint density at radius 2 is 1.95 bits per heavy atom. The van der Waals surface area contributed by atoms with Gasteiger partial charge in [-0.05, 0) is 53.9 Å². The fourth-order valence-corrected chi connectivity index (χ4v) is 2.04. The first kappa shape index (κ1) is 14.0. The molecule has 2 aromatic rings. The van der Waals surface area contributed by atoms with E-state index < -0.39 is 0 Å². The van der Waals surface area contributed by atoms with E-state index in [0.717, 1.165) is 26.9 Å². The molecule has 0 fully saturated rings. The molecule has 19 heavy (non-hydrogen) atoms. The molecule has 0 unspecified atom stereocenters. The smallest absolute Gasteiger partial charge is 0.123 e. The van der Waals surface area contributed by atoms with Crippen LogP contribution in [-0.2, 0) is 13.2 Å². The van der Waals surface area contributed by atoms with Crippen molar-refractivity contribution >= 4 is 15.9 Å². The molecule has 2 nitrogen and oxygen atoms in total. The summed E-state index contributed by atoms with van der Waals surface area (Å²) in [4.78, 5) is 0. The SMILES string of the molecule is Cc1cc(OCc2cc(F)ccc2CN)ccc1Br. The van der Waals surface area contributed by atoms with Gasteiger partial charge in [-0.3, -0.25) is 0 Å². The zero-order chi connectivity index (χ0) is 13.8. The second-order valence-electron chi connectivity index (χ2n) is 4.32. The van der Waals surface area contributed by atoms with Crippen LogP contribution in [0.3, 0.4) is 0 Å². The first-order valence-corrected chi connectivity index (χ1v) is 6.76. The lowest BCUT2D eigenvalue weighted by atomic mass is 10.1. The van der Waals surface area contributed by atoms with Crippen LogP contribution < -0.4 is 10.5 Å². The largest absolute Gasteiger partial charge is 0.489 e. The van der Waals surface area contributed by atoms with Crippen molar-refractivity contribution in [3.8, 4) is 5.75 Å². The molecule has 0 saturated carbocycles. The molecular formula is C15H15BrFNO. The highest BCUT2D eigenvalue weighted by molar-refractivity contribution is 9.10. The lowest BCUT2D eigenvalue weighted by Gasteiger charge is -2.11. The summed E-state index contributed by atoms with van der Waals surface area (Å²) in [5, 5.41) is 0. The molecule has 2 N–H and O–H groups in total. The second kappa shape index (κ2) is 6.17. The minimum Gasteiger partial charge on any atom is -0.489 e. The van der Waals surface area contributed by atoms with E-state index in [4.69, 9.17) is 10.5 Å². The van der Waals surface area contributed by atoms with Crippen LogP contribution in [0.2, 0.25) is 0 Å². The summed E-state index contributed by atoms with van der Waals surface area (Å²) in [7, 11) is 0. The third-order valence-electron chi connectivity index (χ3n) is 2.91. The number of aryl methyl sites for hydroxylation is 1. The summed E-state index contributed by atoms with van der Waals surface area (Å²) in [6.45, 7) is 2.67. The Morgan fingerprint density at radius 3 is 2.63 bits per heavy atom. The van der Waals surface area contributed by atoms with Gasteiger partial charge in [0.25, 0.3) is 0 Å². The molecule has 2 aromatic carbocycles. The molecule has 0 radical (unpaired) electrons. The number of nitrogens with two attached hydrogens (primary N) is 1. The molecule has 0 aromatic heterocycles. The predicted molar refractivity (Wildman–Crippen MR) is 77.5 cm³/mol. The topological polar surface area (TPSA) is 35.2 Å². The number of hydrogen-bond acceptors (Lipinski definition) is 2. The fraction of sp³-hybridized carbons (Fsp3) is 0.200. The molecular weight excluding hydrogens is 309 g/mol. The van der Waals surface area contributed by atoms with Gasteiger partial charge in [-0.15, -0.1) is 0 Å². The third kappa shape index (κ3) is 3.55. The van der Waals surface area contributed by atoms with Crippen LogP contribution in [0.5, 0.6) is 5.75 Å². The Hall–Kier alpha value is -1.39. The summed E-state index contributed by atoms with van der Waals surface area (Å²) in [6.07, 6.45) is 0. The maximum absolute atomic E-state index is 13.2. The molecule has 0 aliphatic carbocycles. The van der Waals surface area contributed by atoms with Crippen molar-refractivity contribution in [3.63, 3.8) is 0 Å². The molecule has 0 amide bonds. The zero-order valence-corrected chi connectivity index (χ0v) is 12.2. The summed E-state index contributed by atoms with van der Waals surface area (Å²) >= 11 is 3.44. The van der Waals surface area contributed by atoms with Crippen LogP contribution in [0.25, 0.3) is 0 Å². The molecule has 0 atom stereocenters. The van der Waals surface area contributed by atoms with E-state index in [9.17, 15) is 4.39 Å². The summed E-state index contributed by atoms with van der Waals surface area (Å²) < 4.78 is 19.9. The minimum absolute atomic E-state index is 0.275. The minimum atomic E-state index is -0.275. The Bertz CT molecular complexity index is 586. The second-order valence-corrected chi connectivity index (χ2v) is 5.17. The Balaban J connectivity index is 2.13. The van der Waals surface area contributed by atoms with Gasteiger partial charge in [0.05, 0.1) is 0 Å². The van der Waals surface area contributed by atoms with Crippen molar-refractivity contribution in [1.82, 2.24) is 0 Å². The predicted octanol–water partition coefficient (Wildman–Crippen LogP) is 3.93. The van der Waals surface area contributed by atoms with Crippen molar-refractivity contribution in [2.45, 2.75) is 20.1 Å². The van der Waals surface area contributed by atoms with Crippen molar-refractivity contribution < 1.29 is 9.13 Å². The van der Waals surface area contributed by atoms with Gasteiger partial charge >= 0.3 is 0 Å². The van der Waals surface area contributed by atoms with Gasteiger partial charge in [-0.2, -0.15) is 0 Å². The van der Waals surface area contributed by atoms with Gasteiger partial charge in [-0.1, -0.05) is 22.0 Å². The van der Waals surface area contributed by atoms with Gasteiger partial charge in [0.2, 0.25) is 0 Å². The molecule has 2 rings (SSSR count). The van der Waals surface area contributed by atoms with Crippen LogP contribution >= 0.6 is 15.9 Å². The van der Waals surface area contributed by atoms with Crippen LogP contribution in [-0.4, -0.2) is 0 Å². The average molecular weight is 324 g/mol. The fourth-order valence-electron chi connectivity index (χ4n) is 1.80. The highest BCUT2D eigenvalue weighted by Gasteiger charge is 2.05. The number of hydrogen-bond donors (Lipinski definition) is 1. The van der Waals surface area contributed by atoms with Crippen LogP contribution in [0.4, 0.5) is 4.39 Å². The monoisotopic (exact) mass is 323 g/mol. The molecule has 4 heteroatoms. The molecule has 0 aliphatic heterocycles. The first-order chi connectivity index (χ1) is 9.10. The van der Waals surface area contributed by atoms with Crippen molar-refractivity contribution in [2.24, 2.45) is 5.73 Å². The van der Waals surface area contributed by atoms with E-state index in [1.165, 1.54) is 12.1 Å². The highest BCUT2D eigenvalue weighted by Crippen LogP contribution is 2.23. The summed E-state index contributed by atoms with van der Waals surface area (Å²) in [5.74, 6) is 0.482. The molecule has 0 saturated heterocycles. The lowest BCUT2D eigenvalue weighted by Crippen LogP contribution is -2.05. The normalized spacial score (nSPS) is 10.5. The van der Waals surface area contributed by atoms with Crippen molar-refractivity contribution in [1.29, 1.82) is 0 Å². The maximum atomic E-state index is 13.2. The standard InChI is InChI=1S/C15H15BrFNO/c1-10-6-14(4-5-15(10)16)19-9-12-7-13(17)3-2-11(12)8-18/h2-7H,8-9,18H2,1H3. The van der Waals surface area contributed by atoms with Crippen molar-refractivity contribution in [3.05, 3.63) is 63.4 Å². The van der Waals surface area contributed by atoms with Gasteiger partial charge in [0, 0.05) is 11.0 Å². The van der Waals surface area contributed by atoms with Crippen LogP contribution in [0, 0.1) is 12.7 Å². The molecule has 0 spiro atoms. The van der Waals surface area contributed by atoms with Gasteiger partial charge < -0.3 is 10.5 Å². The quantitative estimate of drug-likeness (QED) is 0.925. The van der Waals surface area contributed by atoms with Crippen LogP contribution in [0.15, 0.2) is 40.9 Å². The van der Waals surface area contributed by atoms with Gasteiger partial charge in [-0.25, -0.2) is 4.39 Å². The molecule has 0 heterocycles. The molecule has 0 aliphatic rings. The summed E-state index contributed by atoms with van der Waals surface area (Å²) in [6, 6.07) is 10.3. The van der Waals surface area contributed by atoms with E-state index in [2.05, 4.69) is 15.9 Å². The Labute approximate surface area is 120 Å². The van der Waals surface area contributed by atoms with Crippen LogP contribution in [0.1, 0.15) is 16.7 Å². The van der Waals surface area contributed by atoms with E-state index in [-0.39, 0.29) is 5.82 Å². The number of benzene rings is 2. The number of halogens is 2. The maximum Gasteiger partial charge on any atom is 0.123 e. The number of ether oxygens (including phenoxy) is 1. The number of rotatable bonds is 4. The molecule has 0 bridgehead atoms. The van der Waals surface area contributed by atoms with E-state index in [0.29, 0.717) is 13.2 Å². The van der Waals surface area contributed by atoms with Gasteiger partial charge in [0.1, 0.15) is 18.2 Å². The third-order valence-corrected chi connectivity index (χ3v) is 3.80. The van der Waals surface area contributed by atoms with Crippen molar-refractivity contribution in [2.75, 3.05) is 0 Å². The molecule has 100 valence electrons. The Morgan fingerprint density at radius 1 is 1.16 bits per heavy atom.